The number of aromatic nitrogens is 2. The molecule has 2 rings (SSSR count). The molecule has 0 aromatic carbocycles. The molecule has 1 aromatic heterocycles. The van der Waals surface area contributed by atoms with Crippen LogP contribution >= 0.6 is 0 Å². The van der Waals surface area contributed by atoms with Crippen molar-refractivity contribution in [1.82, 2.24) is 14.9 Å². The summed E-state index contributed by atoms with van der Waals surface area (Å²) in [4.78, 5) is 4.54. The number of imidazole rings is 1. The summed E-state index contributed by atoms with van der Waals surface area (Å²) in [6, 6.07) is 0.670. The maximum Gasteiger partial charge on any atom is 0.108 e. The number of hydrogen-bond donors (Lipinski definition) is 1. The monoisotopic (exact) mass is 291 g/mol. The lowest BCUT2D eigenvalue weighted by Crippen LogP contribution is -2.47. The van der Waals surface area contributed by atoms with Gasteiger partial charge in [0.1, 0.15) is 5.82 Å². The average molecular weight is 291 g/mol. The van der Waals surface area contributed by atoms with Crippen LogP contribution in [0.3, 0.4) is 0 Å². The van der Waals surface area contributed by atoms with E-state index in [1.165, 1.54) is 31.5 Å². The lowest BCUT2D eigenvalue weighted by molar-refractivity contribution is 0.0919. The third-order valence-electron chi connectivity index (χ3n) is 5.31. The fourth-order valence-corrected chi connectivity index (χ4v) is 3.98. The van der Waals surface area contributed by atoms with Gasteiger partial charge in [0.25, 0.3) is 0 Å². The standard InChI is InChI=1S/C18H33N3/c1-6-9-19-16-12-14(2)7-8-15(16)18(3,4)13-17-20-10-11-21(17)5/h10-11,14-16,19H,6-9,12-13H2,1-5H3. The first-order valence-electron chi connectivity index (χ1n) is 8.63. The van der Waals surface area contributed by atoms with Gasteiger partial charge in [-0.2, -0.15) is 0 Å². The third-order valence-corrected chi connectivity index (χ3v) is 5.31. The summed E-state index contributed by atoms with van der Waals surface area (Å²) < 4.78 is 2.17. The molecule has 1 aliphatic carbocycles. The summed E-state index contributed by atoms with van der Waals surface area (Å²) in [5.41, 5.74) is 0.296. The number of nitrogens with zero attached hydrogens (tertiary/aromatic N) is 2. The molecule has 0 saturated heterocycles. The Morgan fingerprint density at radius 1 is 1.38 bits per heavy atom. The molecular formula is C18H33N3. The van der Waals surface area contributed by atoms with Crippen LogP contribution in [0.15, 0.2) is 12.4 Å². The molecule has 120 valence electrons. The van der Waals surface area contributed by atoms with Crippen LogP contribution < -0.4 is 5.32 Å². The van der Waals surface area contributed by atoms with E-state index in [1.807, 2.05) is 6.20 Å². The molecule has 1 heterocycles. The van der Waals surface area contributed by atoms with Crippen molar-refractivity contribution in [3.05, 3.63) is 18.2 Å². The smallest absolute Gasteiger partial charge is 0.108 e. The maximum atomic E-state index is 4.54. The second kappa shape index (κ2) is 6.95. The molecule has 3 heteroatoms. The molecule has 0 radical (unpaired) electrons. The Morgan fingerprint density at radius 2 is 2.14 bits per heavy atom. The zero-order chi connectivity index (χ0) is 15.5. The van der Waals surface area contributed by atoms with Crippen molar-refractivity contribution in [3.8, 4) is 0 Å². The highest BCUT2D eigenvalue weighted by molar-refractivity contribution is 5.00. The number of aryl methyl sites for hydroxylation is 1. The molecule has 0 amide bonds. The molecule has 0 spiro atoms. The van der Waals surface area contributed by atoms with Crippen LogP contribution in [-0.2, 0) is 13.5 Å². The molecule has 1 aliphatic rings. The first-order chi connectivity index (χ1) is 9.94. The zero-order valence-corrected chi connectivity index (χ0v) is 14.5. The molecule has 0 aliphatic heterocycles. The van der Waals surface area contributed by atoms with Crippen molar-refractivity contribution in [2.45, 2.75) is 65.8 Å². The van der Waals surface area contributed by atoms with E-state index in [-0.39, 0.29) is 0 Å². The maximum absolute atomic E-state index is 4.54. The molecule has 1 N–H and O–H groups in total. The van der Waals surface area contributed by atoms with Gasteiger partial charge in [0.15, 0.2) is 0 Å². The van der Waals surface area contributed by atoms with Gasteiger partial charge in [-0.3, -0.25) is 0 Å². The second-order valence-corrected chi connectivity index (χ2v) is 7.71. The normalized spacial score (nSPS) is 27.0. The molecule has 1 aromatic rings. The van der Waals surface area contributed by atoms with Crippen molar-refractivity contribution >= 4 is 0 Å². The van der Waals surface area contributed by atoms with Gasteiger partial charge in [-0.05, 0) is 43.1 Å². The van der Waals surface area contributed by atoms with E-state index < -0.39 is 0 Å². The number of nitrogens with one attached hydrogen (secondary N) is 1. The lowest BCUT2D eigenvalue weighted by atomic mass is 9.65. The van der Waals surface area contributed by atoms with Gasteiger partial charge in [0.2, 0.25) is 0 Å². The van der Waals surface area contributed by atoms with Crippen LogP contribution in [0, 0.1) is 17.3 Å². The van der Waals surface area contributed by atoms with E-state index in [0.717, 1.165) is 24.8 Å². The van der Waals surface area contributed by atoms with E-state index in [9.17, 15) is 0 Å². The van der Waals surface area contributed by atoms with Crippen LogP contribution in [0.2, 0.25) is 0 Å². The van der Waals surface area contributed by atoms with Crippen LogP contribution in [0.25, 0.3) is 0 Å². The van der Waals surface area contributed by atoms with E-state index >= 15 is 0 Å². The summed E-state index contributed by atoms with van der Waals surface area (Å²) in [7, 11) is 2.11. The predicted molar refractivity (Wildman–Crippen MR) is 89.3 cm³/mol. The van der Waals surface area contributed by atoms with Crippen LogP contribution in [-0.4, -0.2) is 22.1 Å². The minimum absolute atomic E-state index is 0.296. The molecular weight excluding hydrogens is 258 g/mol. The Morgan fingerprint density at radius 3 is 2.76 bits per heavy atom. The fraction of sp³-hybridized carbons (Fsp3) is 0.833. The molecule has 21 heavy (non-hydrogen) atoms. The highest BCUT2D eigenvalue weighted by atomic mass is 15.0. The summed E-state index contributed by atoms with van der Waals surface area (Å²) in [5.74, 6) is 2.82. The quantitative estimate of drug-likeness (QED) is 0.864. The molecule has 0 bridgehead atoms. The average Bonchev–Trinajstić information content (AvgIpc) is 2.81. The van der Waals surface area contributed by atoms with Crippen molar-refractivity contribution in [2.24, 2.45) is 24.3 Å². The van der Waals surface area contributed by atoms with Gasteiger partial charge in [-0.25, -0.2) is 4.98 Å². The largest absolute Gasteiger partial charge is 0.338 e. The molecule has 3 unspecified atom stereocenters. The minimum Gasteiger partial charge on any atom is -0.338 e. The minimum atomic E-state index is 0.296. The summed E-state index contributed by atoms with van der Waals surface area (Å²) >= 11 is 0. The third kappa shape index (κ3) is 4.09. The summed E-state index contributed by atoms with van der Waals surface area (Å²) in [6.45, 7) is 10.7. The fourth-order valence-electron chi connectivity index (χ4n) is 3.98. The second-order valence-electron chi connectivity index (χ2n) is 7.71. The SMILES string of the molecule is CCCNC1CC(C)CCC1C(C)(C)Cc1nccn1C. The van der Waals surface area contributed by atoms with Gasteiger partial charge in [-0.15, -0.1) is 0 Å². The first kappa shape index (κ1) is 16.5. The number of hydrogen-bond acceptors (Lipinski definition) is 2. The Kier molecular flexibility index (Phi) is 5.48. The Labute approximate surface area is 130 Å². The van der Waals surface area contributed by atoms with Crippen molar-refractivity contribution in [3.63, 3.8) is 0 Å². The summed E-state index contributed by atoms with van der Waals surface area (Å²) in [5, 5.41) is 3.82. The van der Waals surface area contributed by atoms with Crippen molar-refractivity contribution in [2.75, 3.05) is 6.54 Å². The van der Waals surface area contributed by atoms with Crippen LogP contribution in [0.5, 0.6) is 0 Å². The Balaban J connectivity index is 2.09. The first-order valence-corrected chi connectivity index (χ1v) is 8.63. The van der Waals surface area contributed by atoms with E-state index in [2.05, 4.69) is 55.8 Å². The number of rotatable bonds is 6. The molecule has 3 atom stereocenters. The zero-order valence-electron chi connectivity index (χ0n) is 14.5. The molecule has 3 nitrogen and oxygen atoms in total. The van der Waals surface area contributed by atoms with Crippen molar-refractivity contribution < 1.29 is 0 Å². The Bertz CT molecular complexity index is 435. The van der Waals surface area contributed by atoms with E-state index in [1.54, 1.807) is 0 Å². The molecule has 1 saturated carbocycles. The van der Waals surface area contributed by atoms with Gasteiger partial charge < -0.3 is 9.88 Å². The van der Waals surface area contributed by atoms with E-state index in [0.29, 0.717) is 11.5 Å². The predicted octanol–water partition coefficient (Wildman–Crippen LogP) is 3.79. The van der Waals surface area contributed by atoms with Gasteiger partial charge >= 0.3 is 0 Å². The van der Waals surface area contributed by atoms with Crippen LogP contribution in [0.4, 0.5) is 0 Å². The highest BCUT2D eigenvalue weighted by Crippen LogP contribution is 2.42. The van der Waals surface area contributed by atoms with Crippen LogP contribution in [0.1, 0.15) is 59.2 Å². The highest BCUT2D eigenvalue weighted by Gasteiger charge is 2.39. The van der Waals surface area contributed by atoms with E-state index in [4.69, 9.17) is 0 Å². The van der Waals surface area contributed by atoms with Gasteiger partial charge in [0.05, 0.1) is 0 Å². The summed E-state index contributed by atoms with van der Waals surface area (Å²) in [6.07, 6.45) is 10.3. The molecule has 1 fully saturated rings. The Hall–Kier alpha value is -0.830. The van der Waals surface area contributed by atoms with Gasteiger partial charge in [0, 0.05) is 31.9 Å². The lowest BCUT2D eigenvalue weighted by Gasteiger charge is -2.44. The topological polar surface area (TPSA) is 29.9 Å². The van der Waals surface area contributed by atoms with Gasteiger partial charge in [-0.1, -0.05) is 34.1 Å². The van der Waals surface area contributed by atoms with Crippen molar-refractivity contribution in [1.29, 1.82) is 0 Å².